The molecule has 114 valence electrons. The second-order valence-electron chi connectivity index (χ2n) is 5.89. The van der Waals surface area contributed by atoms with Gasteiger partial charge in [-0.1, -0.05) is 39.5 Å². The normalized spacial score (nSPS) is 22.1. The van der Waals surface area contributed by atoms with Gasteiger partial charge < -0.3 is 0 Å². The zero-order valence-corrected chi connectivity index (χ0v) is 13.0. The lowest BCUT2D eigenvalue weighted by molar-refractivity contribution is 0.308. The number of aromatic nitrogens is 3. The van der Waals surface area contributed by atoms with E-state index >= 15 is 0 Å². The summed E-state index contributed by atoms with van der Waals surface area (Å²) in [6.45, 7) is 4.73. The summed E-state index contributed by atoms with van der Waals surface area (Å²) < 4.78 is 2.63. The highest BCUT2D eigenvalue weighted by Crippen LogP contribution is 2.27. The van der Waals surface area contributed by atoms with E-state index in [1.165, 1.54) is 46.8 Å². The van der Waals surface area contributed by atoms with Gasteiger partial charge in [-0.25, -0.2) is 28.1 Å². The monoisotopic (exact) mass is 283 g/mol. The summed E-state index contributed by atoms with van der Waals surface area (Å²) in [6, 6.07) is 0. The molecule has 1 heterocycles. The molecule has 20 heavy (non-hydrogen) atoms. The van der Waals surface area contributed by atoms with Crippen LogP contribution >= 0.6 is 0 Å². The first-order valence-corrected chi connectivity index (χ1v) is 7.08. The predicted octanol–water partition coefficient (Wildman–Crippen LogP) is 0.615. The van der Waals surface area contributed by atoms with Crippen LogP contribution in [0.4, 0.5) is 0 Å². The maximum Gasteiger partial charge on any atom is 0.335 e. The van der Waals surface area contributed by atoms with E-state index < -0.39 is 17.1 Å². The summed E-state index contributed by atoms with van der Waals surface area (Å²) in [7, 11) is 3.97. The lowest BCUT2D eigenvalue weighted by atomic mass is 9.84. The van der Waals surface area contributed by atoms with Crippen LogP contribution in [0.3, 0.4) is 0 Å². The van der Waals surface area contributed by atoms with Gasteiger partial charge >= 0.3 is 17.1 Å². The van der Waals surface area contributed by atoms with Crippen LogP contribution in [-0.4, -0.2) is 13.7 Å². The lowest BCUT2D eigenvalue weighted by Gasteiger charge is -2.22. The van der Waals surface area contributed by atoms with Gasteiger partial charge in [0.1, 0.15) is 0 Å². The third-order valence-electron chi connectivity index (χ3n) is 4.03. The summed E-state index contributed by atoms with van der Waals surface area (Å²) in [5, 5.41) is 0. The van der Waals surface area contributed by atoms with Crippen LogP contribution in [0.5, 0.6) is 0 Å². The van der Waals surface area contributed by atoms with Gasteiger partial charge in [-0.15, -0.1) is 0 Å². The van der Waals surface area contributed by atoms with Gasteiger partial charge in [-0.3, -0.25) is 0 Å². The zero-order chi connectivity index (χ0) is 15.4. The number of rotatable bonds is 0. The Bertz CT molecular complexity index is 504. The minimum Gasteiger partial charge on any atom is -0.248 e. The molecule has 0 aromatic carbocycles. The van der Waals surface area contributed by atoms with Gasteiger partial charge in [0.25, 0.3) is 0 Å². The molecule has 0 bridgehead atoms. The molecule has 1 saturated carbocycles. The lowest BCUT2D eigenvalue weighted by Crippen LogP contribution is -2.51. The second-order valence-corrected chi connectivity index (χ2v) is 5.89. The Labute approximate surface area is 118 Å². The van der Waals surface area contributed by atoms with E-state index in [0.29, 0.717) is 0 Å². The fourth-order valence-electron chi connectivity index (χ4n) is 2.35. The summed E-state index contributed by atoms with van der Waals surface area (Å²) in [5.41, 5.74) is -1.82. The highest BCUT2D eigenvalue weighted by atomic mass is 16.2. The van der Waals surface area contributed by atoms with E-state index in [4.69, 9.17) is 0 Å². The highest BCUT2D eigenvalue weighted by Gasteiger charge is 2.13. The molecule has 0 aliphatic heterocycles. The van der Waals surface area contributed by atoms with Gasteiger partial charge in [0.2, 0.25) is 0 Å². The Balaban J connectivity index is 0.000000217. The van der Waals surface area contributed by atoms with Crippen molar-refractivity contribution in [1.82, 2.24) is 13.7 Å². The quantitative estimate of drug-likeness (QED) is 0.701. The van der Waals surface area contributed by atoms with Crippen LogP contribution in [-0.2, 0) is 21.1 Å². The predicted molar refractivity (Wildman–Crippen MR) is 79.0 cm³/mol. The molecule has 1 aromatic rings. The molecule has 0 radical (unpaired) electrons. The zero-order valence-electron chi connectivity index (χ0n) is 13.0. The van der Waals surface area contributed by atoms with Crippen LogP contribution in [0.25, 0.3) is 0 Å². The molecular formula is C14H25N3O3. The third-order valence-corrected chi connectivity index (χ3v) is 4.03. The number of nitrogens with zero attached hydrogens (tertiary/aromatic N) is 3. The topological polar surface area (TPSA) is 66.0 Å². The Morgan fingerprint density at radius 3 is 1.05 bits per heavy atom. The Morgan fingerprint density at radius 2 is 0.850 bits per heavy atom. The molecule has 1 aliphatic carbocycles. The number of hydrogen-bond donors (Lipinski definition) is 0. The molecule has 0 spiro atoms. The summed E-state index contributed by atoms with van der Waals surface area (Å²) in [5.74, 6) is 2.04. The molecule has 0 atom stereocenters. The van der Waals surface area contributed by atoms with Gasteiger partial charge in [0.15, 0.2) is 0 Å². The second kappa shape index (κ2) is 6.72. The van der Waals surface area contributed by atoms with Crippen molar-refractivity contribution >= 4 is 0 Å². The molecule has 0 amide bonds. The Hall–Kier alpha value is -1.59. The first kappa shape index (κ1) is 16.5. The first-order valence-electron chi connectivity index (χ1n) is 7.08. The maximum atomic E-state index is 11.1. The van der Waals surface area contributed by atoms with Gasteiger partial charge in [0.05, 0.1) is 0 Å². The largest absolute Gasteiger partial charge is 0.335 e. The Morgan fingerprint density at radius 1 is 0.650 bits per heavy atom. The molecule has 2 rings (SSSR count). The van der Waals surface area contributed by atoms with E-state index in [-0.39, 0.29) is 0 Å². The minimum absolute atomic E-state index is 0.608. The van der Waals surface area contributed by atoms with Gasteiger partial charge in [-0.05, 0) is 11.8 Å². The van der Waals surface area contributed by atoms with Crippen LogP contribution in [0.2, 0.25) is 0 Å². The van der Waals surface area contributed by atoms with Gasteiger partial charge in [0, 0.05) is 21.1 Å². The van der Waals surface area contributed by atoms with E-state index in [0.717, 1.165) is 25.5 Å². The van der Waals surface area contributed by atoms with Crippen molar-refractivity contribution in [1.29, 1.82) is 0 Å². The Kier molecular flexibility index (Phi) is 5.53. The molecule has 1 aliphatic rings. The van der Waals surface area contributed by atoms with E-state index in [1.54, 1.807) is 0 Å². The number of hydrogen-bond acceptors (Lipinski definition) is 3. The fraction of sp³-hybridized carbons (Fsp3) is 0.786. The molecule has 0 saturated heterocycles. The van der Waals surface area contributed by atoms with Crippen molar-refractivity contribution < 1.29 is 0 Å². The van der Waals surface area contributed by atoms with E-state index in [9.17, 15) is 14.4 Å². The van der Waals surface area contributed by atoms with Crippen molar-refractivity contribution in [3.8, 4) is 0 Å². The van der Waals surface area contributed by atoms with Crippen molar-refractivity contribution in [2.75, 3.05) is 0 Å². The summed E-state index contributed by atoms with van der Waals surface area (Å²) >= 11 is 0. The standard InChI is InChI=1S/C8H16.C6H9N3O3/c1-7-3-5-8(2)6-4-7;1-7-4(10)8(2)6(12)9(3)5(7)11/h7-8H,3-6H2,1-2H3;1-3H3. The highest BCUT2D eigenvalue weighted by molar-refractivity contribution is 4.73. The molecular weight excluding hydrogens is 258 g/mol. The average molecular weight is 283 g/mol. The minimum atomic E-state index is -0.608. The smallest absolute Gasteiger partial charge is 0.248 e. The van der Waals surface area contributed by atoms with E-state index in [1.807, 2.05) is 0 Å². The molecule has 6 nitrogen and oxygen atoms in total. The van der Waals surface area contributed by atoms with Crippen molar-refractivity contribution in [2.24, 2.45) is 33.0 Å². The summed E-state index contributed by atoms with van der Waals surface area (Å²) in [4.78, 5) is 33.2. The van der Waals surface area contributed by atoms with E-state index in [2.05, 4.69) is 13.8 Å². The van der Waals surface area contributed by atoms with Gasteiger partial charge in [-0.2, -0.15) is 0 Å². The maximum absolute atomic E-state index is 11.1. The van der Waals surface area contributed by atoms with Crippen LogP contribution < -0.4 is 17.1 Å². The van der Waals surface area contributed by atoms with Crippen molar-refractivity contribution in [3.05, 3.63) is 31.5 Å². The van der Waals surface area contributed by atoms with Crippen LogP contribution in [0, 0.1) is 11.8 Å². The first-order chi connectivity index (χ1) is 9.25. The van der Waals surface area contributed by atoms with Crippen molar-refractivity contribution in [2.45, 2.75) is 39.5 Å². The SMILES string of the molecule is CC1CCC(C)CC1.Cn1c(=O)n(C)c(=O)n(C)c1=O. The molecule has 1 fully saturated rings. The fourth-order valence-corrected chi connectivity index (χ4v) is 2.35. The molecule has 0 unspecified atom stereocenters. The average Bonchev–Trinajstić information content (AvgIpc) is 2.45. The summed E-state index contributed by atoms with van der Waals surface area (Å²) in [6.07, 6.45) is 5.89. The van der Waals surface area contributed by atoms with Crippen molar-refractivity contribution in [3.63, 3.8) is 0 Å². The third kappa shape index (κ3) is 3.71. The molecule has 6 heteroatoms. The molecule has 0 N–H and O–H groups in total. The van der Waals surface area contributed by atoms with Crippen LogP contribution in [0.15, 0.2) is 14.4 Å². The molecule has 1 aromatic heterocycles. The van der Waals surface area contributed by atoms with Crippen LogP contribution in [0.1, 0.15) is 39.5 Å².